The van der Waals surface area contributed by atoms with Crippen LogP contribution in [-0.2, 0) is 11.8 Å². The lowest BCUT2D eigenvalue weighted by Crippen LogP contribution is -2.60. The van der Waals surface area contributed by atoms with Crippen LogP contribution in [0.5, 0.6) is 0 Å². The Balaban J connectivity index is 1.36. The largest absolute Gasteiger partial charge is 0.335 e. The number of fused-ring (bicyclic) bond motifs is 9. The Morgan fingerprint density at radius 3 is 2.38 bits per heavy atom. The van der Waals surface area contributed by atoms with Gasteiger partial charge in [-0.2, -0.15) is 0 Å². The van der Waals surface area contributed by atoms with Gasteiger partial charge in [0.15, 0.2) is 0 Å². The second-order valence-corrected chi connectivity index (χ2v) is 13.6. The van der Waals surface area contributed by atoms with Crippen LogP contribution in [0.15, 0.2) is 84.9 Å². The molecule has 0 saturated heterocycles. The van der Waals surface area contributed by atoms with Crippen LogP contribution in [0.4, 0.5) is 15.8 Å². The molecule has 0 radical (unpaired) electrons. The molecule has 1 aliphatic heterocycles. The highest BCUT2D eigenvalue weighted by molar-refractivity contribution is 6.14. The van der Waals surface area contributed by atoms with E-state index in [1.54, 1.807) is 12.1 Å². The molecule has 8 rings (SSSR count). The third-order valence-electron chi connectivity index (χ3n) is 11.1. The summed E-state index contributed by atoms with van der Waals surface area (Å²) in [4.78, 5) is 2.59. The topological polar surface area (TPSA) is 3.24 Å². The summed E-state index contributed by atoms with van der Waals surface area (Å²) in [5.41, 5.74) is 9.02. The molecular weight excluding hydrogens is 489 g/mol. The molecule has 0 spiro atoms. The van der Waals surface area contributed by atoms with Crippen molar-refractivity contribution < 1.29 is 4.39 Å². The zero-order chi connectivity index (χ0) is 27.4. The first-order chi connectivity index (χ1) is 19.2. The monoisotopic (exact) mass is 525 g/mol. The van der Waals surface area contributed by atoms with Gasteiger partial charge in [0.05, 0.1) is 0 Å². The maximum Gasteiger partial charge on any atom is 0.123 e. The zero-order valence-corrected chi connectivity index (χ0v) is 23.9. The van der Waals surface area contributed by atoms with Gasteiger partial charge < -0.3 is 4.90 Å². The molecule has 3 aliphatic rings. The molecule has 1 nitrogen and oxygen atoms in total. The van der Waals surface area contributed by atoms with Crippen molar-refractivity contribution in [2.45, 2.75) is 70.8 Å². The first kappa shape index (κ1) is 24.2. The molecule has 200 valence electrons. The average molecular weight is 526 g/mol. The van der Waals surface area contributed by atoms with Gasteiger partial charge in [-0.3, -0.25) is 0 Å². The first-order valence-electron chi connectivity index (χ1n) is 14.9. The van der Waals surface area contributed by atoms with E-state index in [9.17, 15) is 4.39 Å². The van der Waals surface area contributed by atoms with Gasteiger partial charge in [0.2, 0.25) is 0 Å². The summed E-state index contributed by atoms with van der Waals surface area (Å²) in [6.07, 6.45) is 5.76. The molecule has 2 atom stereocenters. The minimum absolute atomic E-state index is 0.0223. The summed E-state index contributed by atoms with van der Waals surface area (Å²) in [6.45, 7) is 9.65. The molecule has 0 aromatic heterocycles. The first-order valence-corrected chi connectivity index (χ1v) is 14.9. The van der Waals surface area contributed by atoms with Crippen LogP contribution in [0, 0.1) is 11.2 Å². The summed E-state index contributed by atoms with van der Waals surface area (Å²) in [7, 11) is 0. The van der Waals surface area contributed by atoms with E-state index in [1.807, 2.05) is 6.07 Å². The van der Waals surface area contributed by atoms with Gasteiger partial charge in [0, 0.05) is 22.3 Å². The lowest BCUT2D eigenvalue weighted by atomic mass is 9.57. The van der Waals surface area contributed by atoms with Gasteiger partial charge in [-0.05, 0) is 111 Å². The summed E-state index contributed by atoms with van der Waals surface area (Å²) in [6, 6.07) is 30.6. The number of halogens is 1. The number of hydrogen-bond donors (Lipinski definition) is 0. The molecule has 1 saturated carbocycles. The molecule has 5 aromatic rings. The third-order valence-corrected chi connectivity index (χ3v) is 11.1. The summed E-state index contributed by atoms with van der Waals surface area (Å²) >= 11 is 0. The number of rotatable bonds is 1. The second-order valence-electron chi connectivity index (χ2n) is 13.6. The van der Waals surface area contributed by atoms with Crippen LogP contribution >= 0.6 is 0 Å². The van der Waals surface area contributed by atoms with Gasteiger partial charge >= 0.3 is 0 Å². The molecule has 2 aliphatic carbocycles. The Morgan fingerprint density at radius 2 is 1.50 bits per heavy atom. The molecule has 40 heavy (non-hydrogen) atoms. The van der Waals surface area contributed by atoms with Crippen molar-refractivity contribution in [2.24, 2.45) is 5.41 Å². The highest BCUT2D eigenvalue weighted by Gasteiger charge is 2.54. The maximum atomic E-state index is 14.5. The van der Waals surface area contributed by atoms with Crippen LogP contribution in [0.2, 0.25) is 0 Å². The van der Waals surface area contributed by atoms with Crippen molar-refractivity contribution >= 4 is 32.9 Å². The smallest absolute Gasteiger partial charge is 0.123 e. The minimum Gasteiger partial charge on any atom is -0.335 e. The average Bonchev–Trinajstić information content (AvgIpc) is 3.18. The van der Waals surface area contributed by atoms with Gasteiger partial charge in [-0.1, -0.05) is 88.2 Å². The summed E-state index contributed by atoms with van der Waals surface area (Å²) < 4.78 is 14.5. The molecule has 1 fully saturated rings. The summed E-state index contributed by atoms with van der Waals surface area (Å²) in [5.74, 6) is -0.133. The van der Waals surface area contributed by atoms with E-state index in [2.05, 4.69) is 99.3 Å². The van der Waals surface area contributed by atoms with E-state index >= 15 is 0 Å². The molecule has 2 heteroatoms. The maximum absolute atomic E-state index is 14.5. The van der Waals surface area contributed by atoms with E-state index in [-0.39, 0.29) is 22.2 Å². The lowest BCUT2D eigenvalue weighted by molar-refractivity contribution is 0.0861. The SMILES string of the molecule is CC1(C)c2cc(N3c4ccc(F)cc4CC4(C)CCCCC34C)ccc2-c2c1ccc1c2ccc2ccccc21. The Hall–Kier alpha value is -3.65. The van der Waals surface area contributed by atoms with Crippen LogP contribution < -0.4 is 4.90 Å². The predicted molar refractivity (Wildman–Crippen MR) is 166 cm³/mol. The zero-order valence-electron chi connectivity index (χ0n) is 23.9. The van der Waals surface area contributed by atoms with Gasteiger partial charge in [-0.15, -0.1) is 0 Å². The van der Waals surface area contributed by atoms with Crippen molar-refractivity contribution in [3.63, 3.8) is 0 Å². The van der Waals surface area contributed by atoms with Crippen LogP contribution in [0.1, 0.15) is 70.1 Å². The fourth-order valence-electron chi connectivity index (χ4n) is 8.69. The van der Waals surface area contributed by atoms with E-state index in [0.29, 0.717) is 0 Å². The molecular formula is C38H36FN. The Labute approximate surface area is 236 Å². The van der Waals surface area contributed by atoms with Gasteiger partial charge in [0.1, 0.15) is 5.82 Å². The number of hydrogen-bond acceptors (Lipinski definition) is 1. The van der Waals surface area contributed by atoms with Crippen molar-refractivity contribution in [3.8, 4) is 11.1 Å². The quantitative estimate of drug-likeness (QED) is 0.197. The number of anilines is 2. The highest BCUT2D eigenvalue weighted by atomic mass is 19.1. The van der Waals surface area contributed by atoms with Crippen LogP contribution in [0.25, 0.3) is 32.7 Å². The predicted octanol–water partition coefficient (Wildman–Crippen LogP) is 10.5. The fourth-order valence-corrected chi connectivity index (χ4v) is 8.69. The Kier molecular flexibility index (Phi) is 4.82. The number of nitrogens with zero attached hydrogens (tertiary/aromatic N) is 1. The van der Waals surface area contributed by atoms with Gasteiger partial charge in [0.25, 0.3) is 0 Å². The van der Waals surface area contributed by atoms with Crippen LogP contribution in [0.3, 0.4) is 0 Å². The molecule has 1 heterocycles. The summed E-state index contributed by atoms with van der Waals surface area (Å²) in [5, 5.41) is 5.25. The van der Waals surface area contributed by atoms with Crippen molar-refractivity contribution in [2.75, 3.05) is 4.90 Å². The van der Waals surface area contributed by atoms with E-state index in [1.165, 1.54) is 74.4 Å². The van der Waals surface area contributed by atoms with E-state index in [4.69, 9.17) is 0 Å². The van der Waals surface area contributed by atoms with Gasteiger partial charge in [-0.25, -0.2) is 4.39 Å². The third kappa shape index (κ3) is 3.03. The van der Waals surface area contributed by atoms with Crippen molar-refractivity contribution in [3.05, 3.63) is 107 Å². The fraction of sp³-hybridized carbons (Fsp3) is 0.316. The second kappa shape index (κ2) is 7.97. The molecule has 0 bridgehead atoms. The minimum atomic E-state index is -0.133. The van der Waals surface area contributed by atoms with Crippen LogP contribution in [-0.4, -0.2) is 5.54 Å². The molecule has 0 N–H and O–H groups in total. The molecule has 5 aromatic carbocycles. The van der Waals surface area contributed by atoms with E-state index < -0.39 is 0 Å². The van der Waals surface area contributed by atoms with Crippen molar-refractivity contribution in [1.29, 1.82) is 0 Å². The standard InChI is InChI=1S/C38H36FN/c1-36(2)32-17-16-29-28-10-6-5-9-24(28)11-14-30(29)35(32)31-15-13-27(22-33(31)36)40-34-18-12-26(39)21-25(34)23-37(3)19-7-8-20-38(37,40)4/h5-6,9-18,21-22H,7-8,19-20,23H2,1-4H3. The molecule has 0 amide bonds. The van der Waals surface area contributed by atoms with Crippen molar-refractivity contribution in [1.82, 2.24) is 0 Å². The van der Waals surface area contributed by atoms with E-state index in [0.717, 1.165) is 18.4 Å². The Bertz CT molecular complexity index is 1870. The Morgan fingerprint density at radius 1 is 0.700 bits per heavy atom. The number of benzene rings is 5. The molecule has 2 unspecified atom stereocenters. The highest BCUT2D eigenvalue weighted by Crippen LogP contribution is 2.59. The lowest BCUT2D eigenvalue weighted by Gasteiger charge is -2.60. The normalized spacial score (nSPS) is 24.5.